The zero-order chi connectivity index (χ0) is 24.4. The van der Waals surface area contributed by atoms with Crippen LogP contribution in [0.5, 0.6) is 0 Å². The van der Waals surface area contributed by atoms with E-state index in [2.05, 4.69) is 50.3 Å². The maximum absolute atomic E-state index is 14.0. The zero-order valence-corrected chi connectivity index (χ0v) is 23.9. The SMILES string of the molecule is CC(=O)O[C@H]1CC[C@@]2(C)[C@@H](CC[C@@H]3[C@@H]2CC(=O)[C@@]2(C)[C@H]3C[C@@H]3OC(CC[C@@H](C)CI)=C(C)[C@@H]32)C1. The predicted molar refractivity (Wildman–Crippen MR) is 141 cm³/mol. The summed E-state index contributed by atoms with van der Waals surface area (Å²) in [5.74, 6) is 4.63. The van der Waals surface area contributed by atoms with Crippen LogP contribution < -0.4 is 0 Å². The van der Waals surface area contributed by atoms with E-state index >= 15 is 0 Å². The van der Waals surface area contributed by atoms with Crippen LogP contribution in [0.4, 0.5) is 0 Å². The van der Waals surface area contributed by atoms with Crippen LogP contribution in [0, 0.1) is 46.3 Å². The first-order valence-electron chi connectivity index (χ1n) is 13.7. The minimum absolute atomic E-state index is 0.0667. The van der Waals surface area contributed by atoms with Crippen LogP contribution >= 0.6 is 22.6 Å². The molecule has 5 aliphatic rings. The highest BCUT2D eigenvalue weighted by Crippen LogP contribution is 2.68. The standard InChI is InChI=1S/C29H43IO4/c1-16(15-30)6-9-24-17(2)27-25(34-24)13-23-21-8-7-19-12-20(33-18(3)31)10-11-28(19,4)22(21)14-26(32)29(23,27)5/h16,19-23,25,27H,6-15H2,1-5H3/t16-,19+,20+,21-,22+,23+,25+,27+,28+,29-/m1/s1. The molecule has 1 heterocycles. The van der Waals surface area contributed by atoms with Gasteiger partial charge in [-0.1, -0.05) is 43.4 Å². The smallest absolute Gasteiger partial charge is 0.302 e. The second-order valence-electron chi connectivity index (χ2n) is 12.8. The van der Waals surface area contributed by atoms with E-state index in [0.717, 1.165) is 38.5 Å². The third-order valence-corrected chi connectivity index (χ3v) is 12.7. The largest absolute Gasteiger partial charge is 0.494 e. The van der Waals surface area contributed by atoms with E-state index in [0.29, 0.717) is 35.4 Å². The van der Waals surface area contributed by atoms with Gasteiger partial charge in [-0.2, -0.15) is 0 Å². The monoisotopic (exact) mass is 582 g/mol. The summed E-state index contributed by atoms with van der Waals surface area (Å²) in [4.78, 5) is 25.6. The fourth-order valence-electron chi connectivity index (χ4n) is 9.28. The van der Waals surface area contributed by atoms with Crippen LogP contribution in [0.15, 0.2) is 11.3 Å². The van der Waals surface area contributed by atoms with Gasteiger partial charge in [-0.25, -0.2) is 0 Å². The van der Waals surface area contributed by atoms with Crippen molar-refractivity contribution in [3.8, 4) is 0 Å². The molecule has 10 atom stereocenters. The molecule has 5 heteroatoms. The van der Waals surface area contributed by atoms with E-state index in [4.69, 9.17) is 9.47 Å². The molecule has 0 unspecified atom stereocenters. The summed E-state index contributed by atoms with van der Waals surface area (Å²) in [6, 6.07) is 0. The number of Topliss-reactive ketones (excluding diaryl/α,β-unsaturated/α-hetero) is 1. The lowest BCUT2D eigenvalue weighted by atomic mass is 9.44. The number of halogens is 1. The van der Waals surface area contributed by atoms with Gasteiger partial charge in [0.25, 0.3) is 0 Å². The molecule has 0 bridgehead atoms. The Morgan fingerprint density at radius 2 is 1.97 bits per heavy atom. The predicted octanol–water partition coefficient (Wildman–Crippen LogP) is 6.89. The topological polar surface area (TPSA) is 52.6 Å². The number of allylic oxidation sites excluding steroid dienone is 1. The molecule has 4 fully saturated rings. The van der Waals surface area contributed by atoms with Crippen molar-refractivity contribution in [2.24, 2.45) is 46.3 Å². The third kappa shape index (κ3) is 3.80. The zero-order valence-electron chi connectivity index (χ0n) is 21.7. The summed E-state index contributed by atoms with van der Waals surface area (Å²) in [6.07, 6.45) is 9.67. The molecule has 0 spiro atoms. The summed E-state index contributed by atoms with van der Waals surface area (Å²) in [7, 11) is 0. The van der Waals surface area contributed by atoms with Gasteiger partial charge in [0.15, 0.2) is 0 Å². The van der Waals surface area contributed by atoms with E-state index in [-0.39, 0.29) is 34.9 Å². The summed E-state index contributed by atoms with van der Waals surface area (Å²) in [6.45, 7) is 10.9. The van der Waals surface area contributed by atoms with Crippen molar-refractivity contribution < 1.29 is 19.1 Å². The van der Waals surface area contributed by atoms with Gasteiger partial charge >= 0.3 is 5.97 Å². The second kappa shape index (κ2) is 9.06. The highest BCUT2D eigenvalue weighted by molar-refractivity contribution is 14.1. The third-order valence-electron chi connectivity index (χ3n) is 11.2. The number of carbonyl (C=O) groups is 2. The fourth-order valence-corrected chi connectivity index (χ4v) is 9.72. The van der Waals surface area contributed by atoms with E-state index < -0.39 is 0 Å². The minimum atomic E-state index is -0.259. The Morgan fingerprint density at radius 1 is 1.21 bits per heavy atom. The minimum Gasteiger partial charge on any atom is -0.494 e. The molecule has 0 saturated heterocycles. The molecule has 1 aliphatic heterocycles. The maximum atomic E-state index is 14.0. The average molecular weight is 583 g/mol. The molecule has 0 aromatic carbocycles. The number of ether oxygens (including phenoxy) is 2. The molecule has 190 valence electrons. The Kier molecular flexibility index (Phi) is 6.68. The second-order valence-corrected chi connectivity index (χ2v) is 13.7. The van der Waals surface area contributed by atoms with Crippen molar-refractivity contribution in [2.75, 3.05) is 4.43 Å². The molecule has 4 nitrogen and oxygen atoms in total. The van der Waals surface area contributed by atoms with Gasteiger partial charge in [0.05, 0.1) is 5.76 Å². The molecule has 5 rings (SSSR count). The Bertz CT molecular complexity index is 881. The molecule has 4 aliphatic carbocycles. The average Bonchev–Trinajstić information content (AvgIpc) is 3.27. The highest BCUT2D eigenvalue weighted by Gasteiger charge is 2.67. The van der Waals surface area contributed by atoms with Crippen molar-refractivity contribution >= 4 is 34.3 Å². The number of hydrogen-bond acceptors (Lipinski definition) is 4. The molecule has 0 aromatic rings. The van der Waals surface area contributed by atoms with Gasteiger partial charge in [0, 0.05) is 35.5 Å². The van der Waals surface area contributed by atoms with Crippen LogP contribution in [0.25, 0.3) is 0 Å². The highest BCUT2D eigenvalue weighted by atomic mass is 127. The van der Waals surface area contributed by atoms with Crippen molar-refractivity contribution in [3.63, 3.8) is 0 Å². The normalized spacial score (nSPS) is 46.2. The van der Waals surface area contributed by atoms with Gasteiger partial charge in [-0.3, -0.25) is 9.59 Å². The van der Waals surface area contributed by atoms with Gasteiger partial charge in [-0.15, -0.1) is 0 Å². The maximum Gasteiger partial charge on any atom is 0.302 e. The summed E-state index contributed by atoms with van der Waals surface area (Å²) >= 11 is 2.48. The van der Waals surface area contributed by atoms with Crippen molar-refractivity contribution in [1.29, 1.82) is 0 Å². The number of carbonyl (C=O) groups excluding carboxylic acids is 2. The van der Waals surface area contributed by atoms with Crippen molar-refractivity contribution in [1.82, 2.24) is 0 Å². The molecular weight excluding hydrogens is 539 g/mol. The van der Waals surface area contributed by atoms with E-state index in [1.165, 1.54) is 41.9 Å². The van der Waals surface area contributed by atoms with Crippen LogP contribution in [-0.2, 0) is 19.1 Å². The summed E-state index contributed by atoms with van der Waals surface area (Å²) in [5, 5.41) is 0. The molecular formula is C29H43IO4. The first-order valence-corrected chi connectivity index (χ1v) is 15.2. The lowest BCUT2D eigenvalue weighted by Crippen LogP contribution is -2.57. The van der Waals surface area contributed by atoms with Crippen LogP contribution in [0.2, 0.25) is 0 Å². The van der Waals surface area contributed by atoms with Crippen LogP contribution in [0.1, 0.15) is 92.4 Å². The van der Waals surface area contributed by atoms with Gasteiger partial charge < -0.3 is 9.47 Å². The number of hydrogen-bond donors (Lipinski definition) is 0. The summed E-state index contributed by atoms with van der Waals surface area (Å²) in [5.41, 5.74) is 1.31. The van der Waals surface area contributed by atoms with E-state index in [1.54, 1.807) is 0 Å². The Hall–Kier alpha value is -0.590. The molecule has 0 aromatic heterocycles. The number of rotatable bonds is 5. The van der Waals surface area contributed by atoms with Crippen LogP contribution in [-0.4, -0.2) is 28.4 Å². The number of alkyl halides is 1. The number of ketones is 1. The lowest BCUT2D eigenvalue weighted by molar-refractivity contribution is -0.165. The van der Waals surface area contributed by atoms with Gasteiger partial charge in [0.2, 0.25) is 0 Å². The molecule has 0 radical (unpaired) electrons. The first-order chi connectivity index (χ1) is 16.1. The fraction of sp³-hybridized carbons (Fsp3) is 0.862. The van der Waals surface area contributed by atoms with Crippen molar-refractivity contribution in [3.05, 3.63) is 11.3 Å². The lowest BCUT2D eigenvalue weighted by Gasteiger charge is -2.60. The number of fused-ring (bicyclic) bond motifs is 7. The number of esters is 1. The molecule has 0 N–H and O–H groups in total. The molecule has 0 amide bonds. The van der Waals surface area contributed by atoms with E-state index in [1.807, 2.05) is 0 Å². The van der Waals surface area contributed by atoms with E-state index in [9.17, 15) is 9.59 Å². The summed E-state index contributed by atoms with van der Waals surface area (Å²) < 4.78 is 13.4. The van der Waals surface area contributed by atoms with Gasteiger partial charge in [0.1, 0.15) is 18.0 Å². The molecule has 4 saturated carbocycles. The van der Waals surface area contributed by atoms with Crippen LogP contribution in [0.3, 0.4) is 0 Å². The Morgan fingerprint density at radius 3 is 2.68 bits per heavy atom. The Balaban J connectivity index is 1.36. The van der Waals surface area contributed by atoms with Gasteiger partial charge in [-0.05, 0) is 92.4 Å². The van der Waals surface area contributed by atoms with Crippen molar-refractivity contribution in [2.45, 2.75) is 105 Å². The molecule has 34 heavy (non-hydrogen) atoms. The quantitative estimate of drug-likeness (QED) is 0.201. The Labute approximate surface area is 219 Å². The first kappa shape index (κ1) is 25.1.